The summed E-state index contributed by atoms with van der Waals surface area (Å²) in [6, 6.07) is 12.9. The molecule has 2 aromatic rings. The second-order valence-electron chi connectivity index (χ2n) is 6.62. The number of halogens is 1. The zero-order valence-electron chi connectivity index (χ0n) is 16.2. The Labute approximate surface area is 174 Å². The number of amides is 1. The van der Waals surface area contributed by atoms with Crippen molar-refractivity contribution in [2.45, 2.75) is 12.5 Å². The number of hydrogen-bond acceptors (Lipinski definition) is 5. The molecule has 6 nitrogen and oxygen atoms in total. The molecule has 1 unspecified atom stereocenters. The molecule has 2 aromatic carbocycles. The van der Waals surface area contributed by atoms with Crippen LogP contribution in [0.3, 0.4) is 0 Å². The zero-order chi connectivity index (χ0) is 21.0. The third-order valence-corrected chi connectivity index (χ3v) is 5.05. The maximum absolute atomic E-state index is 12.9. The molecule has 1 fully saturated rings. The summed E-state index contributed by atoms with van der Waals surface area (Å²) < 4.78 is 10.3. The van der Waals surface area contributed by atoms with E-state index in [2.05, 4.69) is 0 Å². The summed E-state index contributed by atoms with van der Waals surface area (Å²) in [5, 5.41) is 11.3. The van der Waals surface area contributed by atoms with Crippen molar-refractivity contribution in [2.24, 2.45) is 0 Å². The second kappa shape index (κ2) is 9.11. The number of carbonyl (C=O) groups is 2. The average molecular weight is 416 g/mol. The predicted octanol–water partition coefficient (Wildman–Crippen LogP) is 3.81. The van der Waals surface area contributed by atoms with Gasteiger partial charge in [0.2, 0.25) is 0 Å². The van der Waals surface area contributed by atoms with E-state index >= 15 is 0 Å². The highest BCUT2D eigenvalue weighted by atomic mass is 35.5. The number of aliphatic hydroxyl groups is 1. The van der Waals surface area contributed by atoms with E-state index in [0.717, 1.165) is 0 Å². The van der Waals surface area contributed by atoms with E-state index in [1.165, 1.54) is 4.90 Å². The first-order valence-electron chi connectivity index (χ1n) is 9.15. The molecular formula is C22H22ClNO5. The van der Waals surface area contributed by atoms with Crippen LogP contribution >= 0.6 is 11.6 Å². The number of likely N-dealkylation sites (tertiary alicyclic amines) is 1. The van der Waals surface area contributed by atoms with Gasteiger partial charge < -0.3 is 19.5 Å². The number of carbonyl (C=O) groups excluding carboxylic acids is 2. The van der Waals surface area contributed by atoms with Crippen molar-refractivity contribution in [3.05, 3.63) is 70.3 Å². The maximum Gasteiger partial charge on any atom is 0.295 e. The number of methoxy groups -OCH3 is 2. The largest absolute Gasteiger partial charge is 0.507 e. The van der Waals surface area contributed by atoms with Gasteiger partial charge >= 0.3 is 0 Å². The molecule has 0 bridgehead atoms. The molecule has 7 heteroatoms. The van der Waals surface area contributed by atoms with Gasteiger partial charge in [0.15, 0.2) is 0 Å². The topological polar surface area (TPSA) is 76.1 Å². The van der Waals surface area contributed by atoms with E-state index in [1.807, 2.05) is 0 Å². The van der Waals surface area contributed by atoms with Crippen molar-refractivity contribution in [1.82, 2.24) is 4.90 Å². The number of ketones is 1. The van der Waals surface area contributed by atoms with E-state index in [1.54, 1.807) is 62.8 Å². The lowest BCUT2D eigenvalue weighted by atomic mass is 9.95. The van der Waals surface area contributed by atoms with Gasteiger partial charge in [0.25, 0.3) is 11.7 Å². The summed E-state index contributed by atoms with van der Waals surface area (Å²) in [7, 11) is 3.14. The Bertz CT molecular complexity index is 938. The van der Waals surface area contributed by atoms with Crippen molar-refractivity contribution in [2.75, 3.05) is 27.4 Å². The Kier molecular flexibility index (Phi) is 6.56. The van der Waals surface area contributed by atoms with Crippen LogP contribution in [0.5, 0.6) is 5.75 Å². The van der Waals surface area contributed by atoms with Crippen LogP contribution in [-0.4, -0.2) is 49.1 Å². The van der Waals surface area contributed by atoms with Gasteiger partial charge in [-0.05, 0) is 36.2 Å². The van der Waals surface area contributed by atoms with Crippen LogP contribution in [0.4, 0.5) is 0 Å². The first-order valence-corrected chi connectivity index (χ1v) is 9.53. The number of rotatable bonds is 7. The SMILES string of the molecule is COCCCN1C(=O)C(=O)/C(=C(\O)c2cccc(Cl)c2)C1c1ccc(OC)cc1. The fourth-order valence-corrected chi connectivity index (χ4v) is 3.60. The number of nitrogens with zero attached hydrogens (tertiary/aromatic N) is 1. The van der Waals surface area contributed by atoms with Crippen molar-refractivity contribution < 1.29 is 24.2 Å². The van der Waals surface area contributed by atoms with Gasteiger partial charge in [-0.2, -0.15) is 0 Å². The van der Waals surface area contributed by atoms with Gasteiger partial charge in [0.1, 0.15) is 11.5 Å². The average Bonchev–Trinajstić information content (AvgIpc) is 2.98. The van der Waals surface area contributed by atoms with Gasteiger partial charge in [-0.1, -0.05) is 35.9 Å². The predicted molar refractivity (Wildman–Crippen MR) is 110 cm³/mol. The highest BCUT2D eigenvalue weighted by Gasteiger charge is 2.45. The van der Waals surface area contributed by atoms with Crippen LogP contribution in [0.2, 0.25) is 5.02 Å². The zero-order valence-corrected chi connectivity index (χ0v) is 17.0. The number of aliphatic hydroxyl groups excluding tert-OH is 1. The van der Waals surface area contributed by atoms with Crippen LogP contribution < -0.4 is 4.74 Å². The number of ether oxygens (including phenoxy) is 2. The van der Waals surface area contributed by atoms with Crippen LogP contribution in [0, 0.1) is 0 Å². The van der Waals surface area contributed by atoms with Crippen molar-refractivity contribution in [3.63, 3.8) is 0 Å². The fourth-order valence-electron chi connectivity index (χ4n) is 3.41. The standard InChI is InChI=1S/C22H22ClNO5/c1-28-12-4-11-24-19(14-7-9-17(29-2)10-8-14)18(21(26)22(24)27)20(25)15-5-3-6-16(23)13-15/h3,5-10,13,19,25H,4,11-12H2,1-2H3/b20-18-. The Hall–Kier alpha value is -2.83. The van der Waals surface area contributed by atoms with Gasteiger partial charge in [0.05, 0.1) is 18.7 Å². The first kappa shape index (κ1) is 20.9. The molecule has 0 aromatic heterocycles. The maximum atomic E-state index is 12.9. The third-order valence-electron chi connectivity index (χ3n) is 4.82. The molecular weight excluding hydrogens is 394 g/mol. The quantitative estimate of drug-likeness (QED) is 0.322. The molecule has 1 amide bonds. The molecule has 0 radical (unpaired) electrons. The molecule has 1 aliphatic heterocycles. The molecule has 152 valence electrons. The molecule has 0 spiro atoms. The summed E-state index contributed by atoms with van der Waals surface area (Å²) >= 11 is 6.04. The molecule has 1 N–H and O–H groups in total. The highest BCUT2D eigenvalue weighted by Crippen LogP contribution is 2.40. The molecule has 1 heterocycles. The summed E-state index contributed by atoms with van der Waals surface area (Å²) in [5.74, 6) is -0.966. The van der Waals surface area contributed by atoms with E-state index in [-0.39, 0.29) is 11.3 Å². The summed E-state index contributed by atoms with van der Waals surface area (Å²) in [5.41, 5.74) is 1.12. The summed E-state index contributed by atoms with van der Waals surface area (Å²) in [6.45, 7) is 0.772. The minimum absolute atomic E-state index is 0.0415. The van der Waals surface area contributed by atoms with E-state index in [9.17, 15) is 14.7 Å². The lowest BCUT2D eigenvalue weighted by molar-refractivity contribution is -0.140. The van der Waals surface area contributed by atoms with Gasteiger partial charge in [-0.15, -0.1) is 0 Å². The minimum Gasteiger partial charge on any atom is -0.507 e. The number of benzene rings is 2. The highest BCUT2D eigenvalue weighted by molar-refractivity contribution is 6.46. The Balaban J connectivity index is 2.11. The monoisotopic (exact) mass is 415 g/mol. The van der Waals surface area contributed by atoms with Crippen LogP contribution in [0.15, 0.2) is 54.1 Å². The van der Waals surface area contributed by atoms with Gasteiger partial charge in [-0.3, -0.25) is 9.59 Å². The summed E-state index contributed by atoms with van der Waals surface area (Å²) in [4.78, 5) is 27.1. The van der Waals surface area contributed by atoms with E-state index in [0.29, 0.717) is 41.5 Å². The molecule has 0 saturated carbocycles. The normalized spacial score (nSPS) is 18.3. The van der Waals surface area contributed by atoms with Crippen molar-refractivity contribution >= 4 is 29.1 Å². The second-order valence-corrected chi connectivity index (χ2v) is 7.06. The smallest absolute Gasteiger partial charge is 0.295 e. The Morgan fingerprint density at radius 2 is 1.86 bits per heavy atom. The fraction of sp³-hybridized carbons (Fsp3) is 0.273. The van der Waals surface area contributed by atoms with Crippen LogP contribution in [-0.2, 0) is 14.3 Å². The number of Topliss-reactive ketones (excluding diaryl/α,β-unsaturated/α-hetero) is 1. The van der Waals surface area contributed by atoms with Gasteiger partial charge in [0, 0.05) is 30.8 Å². The molecule has 1 saturated heterocycles. The third kappa shape index (κ3) is 4.28. The van der Waals surface area contributed by atoms with Crippen molar-refractivity contribution in [3.8, 4) is 5.75 Å². The Morgan fingerprint density at radius 3 is 2.48 bits per heavy atom. The molecule has 29 heavy (non-hydrogen) atoms. The molecule has 1 atom stereocenters. The lowest BCUT2D eigenvalue weighted by Crippen LogP contribution is -2.31. The first-order chi connectivity index (χ1) is 14.0. The molecule has 3 rings (SSSR count). The Morgan fingerprint density at radius 1 is 1.14 bits per heavy atom. The molecule has 1 aliphatic rings. The minimum atomic E-state index is -0.722. The number of hydrogen-bond donors (Lipinski definition) is 1. The summed E-state index contributed by atoms with van der Waals surface area (Å²) in [6.07, 6.45) is 0.563. The van der Waals surface area contributed by atoms with E-state index < -0.39 is 17.7 Å². The van der Waals surface area contributed by atoms with Gasteiger partial charge in [-0.25, -0.2) is 0 Å². The lowest BCUT2D eigenvalue weighted by Gasteiger charge is -2.25. The van der Waals surface area contributed by atoms with Crippen molar-refractivity contribution in [1.29, 1.82) is 0 Å². The van der Waals surface area contributed by atoms with E-state index in [4.69, 9.17) is 21.1 Å². The van der Waals surface area contributed by atoms with Crippen LogP contribution in [0.25, 0.3) is 5.76 Å². The van der Waals surface area contributed by atoms with Crippen LogP contribution in [0.1, 0.15) is 23.6 Å². The molecule has 0 aliphatic carbocycles.